The van der Waals surface area contributed by atoms with Gasteiger partial charge in [0.1, 0.15) is 24.9 Å². The number of unbranched alkanes of at least 4 members (excludes halogenated alkanes) is 21. The van der Waals surface area contributed by atoms with Gasteiger partial charge in [-0.15, -0.1) is 0 Å². The van der Waals surface area contributed by atoms with Crippen molar-refractivity contribution in [3.8, 4) is 0 Å². The summed E-state index contributed by atoms with van der Waals surface area (Å²) in [5, 5.41) is 39.6. The molecule has 6 atom stereocenters. The topological polar surface area (TPSA) is 169 Å². The molecular weight excluding hydrogens is 632 g/mol. The molecular formula is C38H70O11. The number of hydrogen-bond acceptors (Lipinski definition) is 10. The van der Waals surface area contributed by atoms with Crippen molar-refractivity contribution in [3.63, 3.8) is 0 Å². The average Bonchev–Trinajstić information content (AvgIpc) is 3.08. The smallest absolute Gasteiger partial charge is 0.335 e. The van der Waals surface area contributed by atoms with Crippen molar-refractivity contribution >= 4 is 17.9 Å². The van der Waals surface area contributed by atoms with Gasteiger partial charge in [-0.1, -0.05) is 149 Å². The minimum absolute atomic E-state index is 0.189. The highest BCUT2D eigenvalue weighted by molar-refractivity contribution is 5.73. The van der Waals surface area contributed by atoms with Crippen LogP contribution in [0.2, 0.25) is 0 Å². The van der Waals surface area contributed by atoms with Crippen LogP contribution in [0, 0.1) is 0 Å². The fraction of sp³-hybridized carbons (Fsp3) is 0.921. The van der Waals surface area contributed by atoms with Crippen molar-refractivity contribution in [2.75, 3.05) is 13.2 Å². The van der Waals surface area contributed by atoms with Gasteiger partial charge in [0.2, 0.25) is 0 Å². The van der Waals surface area contributed by atoms with Crippen molar-refractivity contribution in [2.45, 2.75) is 211 Å². The van der Waals surface area contributed by atoms with Gasteiger partial charge < -0.3 is 39.4 Å². The van der Waals surface area contributed by atoms with E-state index in [9.17, 15) is 34.8 Å². The minimum atomic E-state index is -1.85. The number of ether oxygens (including phenoxy) is 4. The lowest BCUT2D eigenvalue weighted by Crippen LogP contribution is -2.60. The van der Waals surface area contributed by atoms with E-state index < -0.39 is 54.7 Å². The molecule has 1 rings (SSSR count). The quantitative estimate of drug-likeness (QED) is 0.0415. The Morgan fingerprint density at radius 3 is 1.39 bits per heavy atom. The third-order valence-electron chi connectivity index (χ3n) is 9.21. The summed E-state index contributed by atoms with van der Waals surface area (Å²) >= 11 is 0. The average molecular weight is 703 g/mol. The van der Waals surface area contributed by atoms with Gasteiger partial charge in [0.05, 0.1) is 6.61 Å². The Labute approximate surface area is 295 Å². The summed E-state index contributed by atoms with van der Waals surface area (Å²) in [5.41, 5.74) is 0. The normalized spacial score (nSPS) is 21.4. The molecule has 288 valence electrons. The van der Waals surface area contributed by atoms with Crippen LogP contribution in [0.1, 0.15) is 174 Å². The number of aliphatic hydroxyl groups excluding tert-OH is 3. The Kier molecular flexibility index (Phi) is 27.6. The van der Waals surface area contributed by atoms with E-state index in [2.05, 4.69) is 13.8 Å². The summed E-state index contributed by atoms with van der Waals surface area (Å²) in [6, 6.07) is 0. The maximum atomic E-state index is 12.6. The van der Waals surface area contributed by atoms with Crippen LogP contribution in [0.4, 0.5) is 0 Å². The number of aliphatic hydroxyl groups is 3. The van der Waals surface area contributed by atoms with Crippen molar-refractivity contribution in [2.24, 2.45) is 0 Å². The van der Waals surface area contributed by atoms with E-state index >= 15 is 0 Å². The number of rotatable bonds is 32. The lowest BCUT2D eigenvalue weighted by molar-refractivity contribution is -0.298. The molecule has 11 heteroatoms. The number of carboxylic acid groups (broad SMARTS) is 1. The predicted octanol–water partition coefficient (Wildman–Crippen LogP) is 7.14. The van der Waals surface area contributed by atoms with E-state index in [-0.39, 0.29) is 26.1 Å². The molecule has 0 aliphatic carbocycles. The van der Waals surface area contributed by atoms with Crippen molar-refractivity contribution in [1.29, 1.82) is 0 Å². The lowest BCUT2D eigenvalue weighted by atomic mass is 9.99. The molecule has 0 aromatic rings. The van der Waals surface area contributed by atoms with Gasteiger partial charge in [-0.2, -0.15) is 0 Å². The lowest BCUT2D eigenvalue weighted by Gasteiger charge is -2.38. The summed E-state index contributed by atoms with van der Waals surface area (Å²) in [7, 11) is 0. The Morgan fingerprint density at radius 2 is 0.959 bits per heavy atom. The molecule has 1 fully saturated rings. The second-order valence-corrected chi connectivity index (χ2v) is 13.8. The van der Waals surface area contributed by atoms with Crippen LogP contribution in [-0.4, -0.2) is 88.4 Å². The molecule has 1 saturated heterocycles. The zero-order valence-corrected chi connectivity index (χ0v) is 30.7. The van der Waals surface area contributed by atoms with Crippen LogP contribution >= 0.6 is 0 Å². The van der Waals surface area contributed by atoms with Crippen LogP contribution in [0.15, 0.2) is 0 Å². The second-order valence-electron chi connectivity index (χ2n) is 13.8. The molecule has 1 aliphatic rings. The summed E-state index contributed by atoms with van der Waals surface area (Å²) in [6.07, 6.45) is 17.4. The molecule has 0 bridgehead atoms. The highest BCUT2D eigenvalue weighted by atomic mass is 16.7. The second kappa shape index (κ2) is 29.9. The Hall–Kier alpha value is -1.79. The van der Waals surface area contributed by atoms with Crippen LogP contribution in [-0.2, 0) is 33.3 Å². The van der Waals surface area contributed by atoms with Gasteiger partial charge in [-0.3, -0.25) is 9.59 Å². The highest BCUT2D eigenvalue weighted by Gasteiger charge is 2.47. The van der Waals surface area contributed by atoms with E-state index in [0.29, 0.717) is 12.8 Å². The summed E-state index contributed by atoms with van der Waals surface area (Å²) in [4.78, 5) is 36.5. The first-order chi connectivity index (χ1) is 23.7. The fourth-order valence-electron chi connectivity index (χ4n) is 6.05. The van der Waals surface area contributed by atoms with E-state index in [0.717, 1.165) is 38.5 Å². The van der Waals surface area contributed by atoms with Crippen molar-refractivity contribution < 1.29 is 53.8 Å². The Bertz CT molecular complexity index is 839. The van der Waals surface area contributed by atoms with Gasteiger partial charge in [0.15, 0.2) is 18.5 Å². The standard InChI is InChI=1S/C38H70O11/c1-3-5-7-9-11-13-15-16-17-19-20-22-24-26-31(39)46-28-30(29-47-38-35(43)33(41)34(42)36(49-38)37(44)45)48-32(40)27-25-23-21-18-14-12-10-8-6-4-2/h30,33-36,38,41-43H,3-29H2,1-2H3,(H,44,45). The maximum Gasteiger partial charge on any atom is 0.335 e. The molecule has 1 aliphatic heterocycles. The number of hydrogen-bond donors (Lipinski definition) is 4. The summed E-state index contributed by atoms with van der Waals surface area (Å²) < 4.78 is 21.6. The molecule has 0 amide bonds. The van der Waals surface area contributed by atoms with Crippen LogP contribution in [0.5, 0.6) is 0 Å². The highest BCUT2D eigenvalue weighted by Crippen LogP contribution is 2.23. The van der Waals surface area contributed by atoms with Gasteiger partial charge in [-0.25, -0.2) is 4.79 Å². The largest absolute Gasteiger partial charge is 0.479 e. The zero-order chi connectivity index (χ0) is 36.1. The first-order valence-corrected chi connectivity index (χ1v) is 19.6. The third kappa shape index (κ3) is 22.6. The molecule has 0 aromatic carbocycles. The Morgan fingerprint density at radius 1 is 0.551 bits per heavy atom. The molecule has 11 nitrogen and oxygen atoms in total. The van der Waals surface area contributed by atoms with Gasteiger partial charge in [0.25, 0.3) is 0 Å². The zero-order valence-electron chi connectivity index (χ0n) is 30.7. The molecule has 4 N–H and O–H groups in total. The van der Waals surface area contributed by atoms with Crippen LogP contribution in [0.3, 0.4) is 0 Å². The number of aliphatic carboxylic acids is 1. The maximum absolute atomic E-state index is 12.6. The first kappa shape index (κ1) is 45.2. The fourth-order valence-corrected chi connectivity index (χ4v) is 6.05. The van der Waals surface area contributed by atoms with Crippen molar-refractivity contribution in [3.05, 3.63) is 0 Å². The number of carboxylic acids is 1. The molecule has 49 heavy (non-hydrogen) atoms. The monoisotopic (exact) mass is 702 g/mol. The predicted molar refractivity (Wildman–Crippen MR) is 188 cm³/mol. The van der Waals surface area contributed by atoms with Crippen LogP contribution < -0.4 is 0 Å². The first-order valence-electron chi connectivity index (χ1n) is 19.6. The molecule has 0 radical (unpaired) electrons. The van der Waals surface area contributed by atoms with Crippen molar-refractivity contribution in [1.82, 2.24) is 0 Å². The third-order valence-corrected chi connectivity index (χ3v) is 9.21. The van der Waals surface area contributed by atoms with Gasteiger partial charge >= 0.3 is 17.9 Å². The number of carbonyl (C=O) groups excluding carboxylic acids is 2. The minimum Gasteiger partial charge on any atom is -0.479 e. The van der Waals surface area contributed by atoms with E-state index in [1.165, 1.54) is 96.3 Å². The number of esters is 2. The van der Waals surface area contributed by atoms with Gasteiger partial charge in [0, 0.05) is 12.8 Å². The summed E-state index contributed by atoms with van der Waals surface area (Å²) in [5.74, 6) is -2.43. The molecule has 6 unspecified atom stereocenters. The Balaban J connectivity index is 2.42. The molecule has 1 heterocycles. The van der Waals surface area contributed by atoms with Crippen LogP contribution in [0.25, 0.3) is 0 Å². The summed E-state index contributed by atoms with van der Waals surface area (Å²) in [6.45, 7) is 3.78. The molecule has 0 aromatic heterocycles. The number of carbonyl (C=O) groups is 3. The molecule has 0 spiro atoms. The molecule has 0 saturated carbocycles. The van der Waals surface area contributed by atoms with Gasteiger partial charge in [-0.05, 0) is 12.8 Å². The van der Waals surface area contributed by atoms with E-state index in [1.807, 2.05) is 0 Å². The SMILES string of the molecule is CCCCCCCCCCCCCCCC(=O)OCC(COC1OC(C(=O)O)C(O)C(O)C1O)OC(=O)CCCCCCCCCCCC. The van der Waals surface area contributed by atoms with E-state index in [1.54, 1.807) is 0 Å². The van der Waals surface area contributed by atoms with E-state index in [4.69, 9.17) is 18.9 Å².